The largest absolute Gasteiger partial charge is 0.381 e. The average Bonchev–Trinajstić information content (AvgIpc) is 2.58. The van der Waals surface area contributed by atoms with Gasteiger partial charge in [0, 0.05) is 13.2 Å². The summed E-state index contributed by atoms with van der Waals surface area (Å²) in [5.41, 5.74) is 0.538. The van der Waals surface area contributed by atoms with E-state index in [4.69, 9.17) is 4.74 Å². The SMILES string of the molecule is CCCCOCC(C)CC1(C)CCCN(CCC)CC1. The summed E-state index contributed by atoms with van der Waals surface area (Å²) < 4.78 is 5.80. The molecule has 0 aromatic carbocycles. The first kappa shape index (κ1) is 18.0. The third-order valence-electron chi connectivity index (χ3n) is 4.71. The fourth-order valence-electron chi connectivity index (χ4n) is 3.57. The molecular formula is C18H37NO. The van der Waals surface area contributed by atoms with Gasteiger partial charge in [-0.3, -0.25) is 0 Å². The molecular weight excluding hydrogens is 246 g/mol. The minimum absolute atomic E-state index is 0.538. The van der Waals surface area contributed by atoms with Gasteiger partial charge in [-0.15, -0.1) is 0 Å². The molecule has 120 valence electrons. The van der Waals surface area contributed by atoms with Crippen molar-refractivity contribution in [3.63, 3.8) is 0 Å². The molecule has 0 amide bonds. The average molecular weight is 284 g/mol. The zero-order chi connectivity index (χ0) is 14.8. The maximum atomic E-state index is 5.80. The first-order chi connectivity index (χ1) is 9.59. The topological polar surface area (TPSA) is 12.5 Å². The molecule has 0 saturated carbocycles. The van der Waals surface area contributed by atoms with Gasteiger partial charge in [-0.25, -0.2) is 0 Å². The molecule has 0 spiro atoms. The standard InChI is InChI=1S/C18H37NO/c1-5-7-14-20-16-17(3)15-18(4)9-8-12-19(11-6-2)13-10-18/h17H,5-16H2,1-4H3. The van der Waals surface area contributed by atoms with Crippen LogP contribution < -0.4 is 0 Å². The lowest BCUT2D eigenvalue weighted by molar-refractivity contribution is 0.0785. The van der Waals surface area contributed by atoms with Crippen LogP contribution in [0.3, 0.4) is 0 Å². The van der Waals surface area contributed by atoms with Crippen molar-refractivity contribution in [3.8, 4) is 0 Å². The molecule has 20 heavy (non-hydrogen) atoms. The zero-order valence-electron chi connectivity index (χ0n) is 14.4. The van der Waals surface area contributed by atoms with Crippen molar-refractivity contribution in [2.45, 2.75) is 72.6 Å². The molecule has 0 bridgehead atoms. The maximum Gasteiger partial charge on any atom is 0.0491 e. The molecule has 2 unspecified atom stereocenters. The van der Waals surface area contributed by atoms with Gasteiger partial charge in [0.05, 0.1) is 0 Å². The van der Waals surface area contributed by atoms with Crippen LogP contribution >= 0.6 is 0 Å². The van der Waals surface area contributed by atoms with E-state index in [1.54, 1.807) is 0 Å². The van der Waals surface area contributed by atoms with Crippen molar-refractivity contribution in [2.75, 3.05) is 32.8 Å². The van der Waals surface area contributed by atoms with Gasteiger partial charge in [0.25, 0.3) is 0 Å². The lowest BCUT2D eigenvalue weighted by atomic mass is 9.76. The molecule has 2 nitrogen and oxygen atoms in total. The van der Waals surface area contributed by atoms with Crippen LogP contribution in [0.2, 0.25) is 0 Å². The second-order valence-corrected chi connectivity index (χ2v) is 7.24. The Kier molecular flexibility index (Phi) is 8.79. The maximum absolute atomic E-state index is 5.80. The van der Waals surface area contributed by atoms with Gasteiger partial charge in [0.15, 0.2) is 0 Å². The Morgan fingerprint density at radius 3 is 2.65 bits per heavy atom. The van der Waals surface area contributed by atoms with E-state index in [9.17, 15) is 0 Å². The Morgan fingerprint density at radius 1 is 1.15 bits per heavy atom. The van der Waals surface area contributed by atoms with Gasteiger partial charge in [-0.05, 0) is 69.5 Å². The van der Waals surface area contributed by atoms with Crippen molar-refractivity contribution >= 4 is 0 Å². The highest BCUT2D eigenvalue weighted by atomic mass is 16.5. The second-order valence-electron chi connectivity index (χ2n) is 7.24. The number of nitrogens with zero attached hydrogens (tertiary/aromatic N) is 1. The minimum atomic E-state index is 0.538. The third-order valence-corrected chi connectivity index (χ3v) is 4.71. The Balaban J connectivity index is 2.29. The van der Waals surface area contributed by atoms with Gasteiger partial charge >= 0.3 is 0 Å². The fourth-order valence-corrected chi connectivity index (χ4v) is 3.57. The normalized spacial score (nSPS) is 26.4. The predicted molar refractivity (Wildman–Crippen MR) is 88.2 cm³/mol. The highest BCUT2D eigenvalue weighted by molar-refractivity contribution is 4.81. The van der Waals surface area contributed by atoms with Gasteiger partial charge in [0.1, 0.15) is 0 Å². The van der Waals surface area contributed by atoms with Gasteiger partial charge < -0.3 is 9.64 Å². The van der Waals surface area contributed by atoms with Crippen molar-refractivity contribution in [1.82, 2.24) is 4.90 Å². The summed E-state index contributed by atoms with van der Waals surface area (Å²) in [5, 5.41) is 0. The van der Waals surface area contributed by atoms with E-state index in [1.807, 2.05) is 0 Å². The van der Waals surface area contributed by atoms with Crippen LogP contribution in [0, 0.1) is 11.3 Å². The van der Waals surface area contributed by atoms with E-state index in [2.05, 4.69) is 32.6 Å². The van der Waals surface area contributed by atoms with Crippen LogP contribution in [0.1, 0.15) is 72.6 Å². The molecule has 2 heteroatoms. The summed E-state index contributed by atoms with van der Waals surface area (Å²) in [5.74, 6) is 0.703. The number of unbranched alkanes of at least 4 members (excludes halogenated alkanes) is 1. The van der Waals surface area contributed by atoms with Crippen molar-refractivity contribution in [3.05, 3.63) is 0 Å². The number of ether oxygens (including phenoxy) is 1. The summed E-state index contributed by atoms with van der Waals surface area (Å²) in [4.78, 5) is 2.66. The van der Waals surface area contributed by atoms with Gasteiger partial charge in [0.2, 0.25) is 0 Å². The van der Waals surface area contributed by atoms with E-state index < -0.39 is 0 Å². The molecule has 1 aliphatic heterocycles. The zero-order valence-corrected chi connectivity index (χ0v) is 14.4. The second kappa shape index (κ2) is 9.78. The molecule has 2 atom stereocenters. The van der Waals surface area contributed by atoms with Crippen LogP contribution in [0.25, 0.3) is 0 Å². The molecule has 1 fully saturated rings. The first-order valence-corrected chi connectivity index (χ1v) is 8.89. The number of hydrogen-bond acceptors (Lipinski definition) is 2. The smallest absolute Gasteiger partial charge is 0.0491 e. The lowest BCUT2D eigenvalue weighted by Crippen LogP contribution is -2.27. The number of hydrogen-bond donors (Lipinski definition) is 0. The summed E-state index contributed by atoms with van der Waals surface area (Å²) in [6.45, 7) is 15.2. The van der Waals surface area contributed by atoms with Crippen molar-refractivity contribution in [2.24, 2.45) is 11.3 Å². The summed E-state index contributed by atoms with van der Waals surface area (Å²) in [6.07, 6.45) is 9.20. The number of rotatable bonds is 9. The Bertz CT molecular complexity index is 244. The van der Waals surface area contributed by atoms with Crippen LogP contribution in [0.4, 0.5) is 0 Å². The van der Waals surface area contributed by atoms with Gasteiger partial charge in [-0.2, -0.15) is 0 Å². The highest BCUT2D eigenvalue weighted by Crippen LogP contribution is 2.37. The minimum Gasteiger partial charge on any atom is -0.381 e. The van der Waals surface area contributed by atoms with Crippen LogP contribution in [-0.2, 0) is 4.74 Å². The Morgan fingerprint density at radius 2 is 1.95 bits per heavy atom. The molecule has 1 rings (SSSR count). The van der Waals surface area contributed by atoms with E-state index in [0.717, 1.165) is 13.2 Å². The molecule has 0 radical (unpaired) electrons. The molecule has 0 N–H and O–H groups in total. The van der Waals surface area contributed by atoms with E-state index >= 15 is 0 Å². The van der Waals surface area contributed by atoms with Crippen LogP contribution in [0.15, 0.2) is 0 Å². The molecule has 1 saturated heterocycles. The molecule has 1 heterocycles. The predicted octanol–water partition coefficient (Wildman–Crippen LogP) is 4.73. The lowest BCUT2D eigenvalue weighted by Gasteiger charge is -2.31. The van der Waals surface area contributed by atoms with Crippen LogP contribution in [-0.4, -0.2) is 37.7 Å². The monoisotopic (exact) mass is 283 g/mol. The first-order valence-electron chi connectivity index (χ1n) is 8.89. The van der Waals surface area contributed by atoms with E-state index in [0.29, 0.717) is 11.3 Å². The summed E-state index contributed by atoms with van der Waals surface area (Å²) in [7, 11) is 0. The molecule has 0 aromatic heterocycles. The van der Waals surface area contributed by atoms with Crippen LogP contribution in [0.5, 0.6) is 0 Å². The highest BCUT2D eigenvalue weighted by Gasteiger charge is 2.29. The number of likely N-dealkylation sites (tertiary alicyclic amines) is 1. The molecule has 1 aliphatic rings. The van der Waals surface area contributed by atoms with E-state index in [-0.39, 0.29) is 0 Å². The molecule has 0 aromatic rings. The van der Waals surface area contributed by atoms with Crippen molar-refractivity contribution < 1.29 is 4.74 Å². The van der Waals surface area contributed by atoms with Gasteiger partial charge in [-0.1, -0.05) is 34.1 Å². The Hall–Kier alpha value is -0.0800. The van der Waals surface area contributed by atoms with Crippen molar-refractivity contribution in [1.29, 1.82) is 0 Å². The molecule has 0 aliphatic carbocycles. The quantitative estimate of drug-likeness (QED) is 0.567. The van der Waals surface area contributed by atoms with E-state index in [1.165, 1.54) is 64.6 Å². The Labute approximate surface area is 127 Å². The summed E-state index contributed by atoms with van der Waals surface area (Å²) >= 11 is 0. The summed E-state index contributed by atoms with van der Waals surface area (Å²) in [6, 6.07) is 0. The third kappa shape index (κ3) is 7.08. The fraction of sp³-hybridized carbons (Fsp3) is 1.00.